The van der Waals surface area contributed by atoms with Gasteiger partial charge in [0.1, 0.15) is 0 Å². The van der Waals surface area contributed by atoms with E-state index < -0.39 is 0 Å². The van der Waals surface area contributed by atoms with Gasteiger partial charge in [-0.25, -0.2) is 0 Å². The van der Waals surface area contributed by atoms with Crippen LogP contribution in [0.2, 0.25) is 0 Å². The molecule has 0 saturated heterocycles. The third-order valence-electron chi connectivity index (χ3n) is 2.65. The third-order valence-corrected chi connectivity index (χ3v) is 2.65. The van der Waals surface area contributed by atoms with Crippen LogP contribution in [0.1, 0.15) is 36.8 Å². The predicted octanol–water partition coefficient (Wildman–Crippen LogP) is 1.98. The minimum Gasteiger partial charge on any atom is -0.385 e. The second kappa shape index (κ2) is 7.74. The molecule has 1 aromatic rings. The summed E-state index contributed by atoms with van der Waals surface area (Å²) >= 11 is 0. The normalized spacial score (nSPS) is 12.0. The Bertz CT molecular complexity index is 421. The SMILES string of the molecule is CCNc1cc(C)ncc1C(=O)NCC(C)OCC. The van der Waals surface area contributed by atoms with Crippen LogP contribution in [0, 0.1) is 6.92 Å². The van der Waals surface area contributed by atoms with Crippen molar-refractivity contribution < 1.29 is 9.53 Å². The standard InChI is InChI=1S/C14H23N3O2/c1-5-15-13-7-10(3)16-9-12(13)14(18)17-8-11(4)19-6-2/h7,9,11H,5-6,8H2,1-4H3,(H,15,16)(H,17,18). The van der Waals surface area contributed by atoms with Crippen LogP contribution in [0.25, 0.3) is 0 Å². The highest BCUT2D eigenvalue weighted by Gasteiger charge is 2.13. The zero-order valence-corrected chi connectivity index (χ0v) is 12.1. The fourth-order valence-electron chi connectivity index (χ4n) is 1.75. The molecule has 0 radical (unpaired) electrons. The maximum atomic E-state index is 12.1. The van der Waals surface area contributed by atoms with Gasteiger partial charge in [0.05, 0.1) is 17.4 Å². The van der Waals surface area contributed by atoms with Crippen LogP contribution in [0.3, 0.4) is 0 Å². The molecule has 5 nitrogen and oxygen atoms in total. The summed E-state index contributed by atoms with van der Waals surface area (Å²) in [5.41, 5.74) is 2.27. The van der Waals surface area contributed by atoms with Crippen molar-refractivity contribution in [1.82, 2.24) is 10.3 Å². The lowest BCUT2D eigenvalue weighted by Crippen LogP contribution is -2.32. The zero-order chi connectivity index (χ0) is 14.3. The number of ether oxygens (including phenoxy) is 1. The predicted molar refractivity (Wildman–Crippen MR) is 76.6 cm³/mol. The quantitative estimate of drug-likeness (QED) is 0.791. The minimum atomic E-state index is -0.130. The molecule has 19 heavy (non-hydrogen) atoms. The molecule has 106 valence electrons. The number of hydrogen-bond donors (Lipinski definition) is 2. The molecule has 0 aliphatic carbocycles. The molecule has 0 aromatic carbocycles. The third kappa shape index (κ3) is 4.87. The largest absolute Gasteiger partial charge is 0.385 e. The highest BCUT2D eigenvalue weighted by molar-refractivity contribution is 5.99. The molecule has 1 amide bonds. The summed E-state index contributed by atoms with van der Waals surface area (Å²) in [6, 6.07) is 1.88. The summed E-state index contributed by atoms with van der Waals surface area (Å²) in [4.78, 5) is 16.3. The lowest BCUT2D eigenvalue weighted by Gasteiger charge is -2.14. The van der Waals surface area contributed by atoms with Crippen LogP contribution in [0.15, 0.2) is 12.3 Å². The fraction of sp³-hybridized carbons (Fsp3) is 0.571. The number of carbonyl (C=O) groups excluding carboxylic acids is 1. The monoisotopic (exact) mass is 265 g/mol. The maximum absolute atomic E-state index is 12.1. The van der Waals surface area contributed by atoms with Gasteiger partial charge in [0.2, 0.25) is 0 Å². The number of carbonyl (C=O) groups is 1. The van der Waals surface area contributed by atoms with Crippen molar-refractivity contribution in [3.63, 3.8) is 0 Å². The van der Waals surface area contributed by atoms with E-state index in [9.17, 15) is 4.79 Å². The number of nitrogens with zero attached hydrogens (tertiary/aromatic N) is 1. The first-order valence-corrected chi connectivity index (χ1v) is 6.68. The van der Waals surface area contributed by atoms with Gasteiger partial charge < -0.3 is 15.4 Å². The van der Waals surface area contributed by atoms with E-state index >= 15 is 0 Å². The maximum Gasteiger partial charge on any atom is 0.255 e. The first-order valence-electron chi connectivity index (χ1n) is 6.68. The van der Waals surface area contributed by atoms with Gasteiger partial charge in [-0.15, -0.1) is 0 Å². The van der Waals surface area contributed by atoms with E-state index in [1.54, 1.807) is 6.20 Å². The zero-order valence-electron chi connectivity index (χ0n) is 12.1. The second-order valence-corrected chi connectivity index (χ2v) is 4.38. The van der Waals surface area contributed by atoms with Crippen LogP contribution in [-0.2, 0) is 4.74 Å². The number of anilines is 1. The first kappa shape index (κ1) is 15.4. The van der Waals surface area contributed by atoms with Gasteiger partial charge in [-0.2, -0.15) is 0 Å². The average molecular weight is 265 g/mol. The van der Waals surface area contributed by atoms with E-state index in [0.717, 1.165) is 17.9 Å². The molecule has 0 spiro atoms. The smallest absolute Gasteiger partial charge is 0.255 e. The van der Waals surface area contributed by atoms with Gasteiger partial charge in [-0.3, -0.25) is 9.78 Å². The van der Waals surface area contributed by atoms with Crippen LogP contribution in [0.5, 0.6) is 0 Å². The molecular weight excluding hydrogens is 242 g/mol. The van der Waals surface area contributed by atoms with Crippen molar-refractivity contribution >= 4 is 11.6 Å². The molecule has 1 atom stereocenters. The lowest BCUT2D eigenvalue weighted by atomic mass is 10.2. The Morgan fingerprint density at radius 3 is 2.84 bits per heavy atom. The average Bonchev–Trinajstić information content (AvgIpc) is 2.37. The van der Waals surface area contributed by atoms with E-state index in [0.29, 0.717) is 18.7 Å². The number of amides is 1. The van der Waals surface area contributed by atoms with E-state index in [1.165, 1.54) is 0 Å². The highest BCUT2D eigenvalue weighted by Crippen LogP contribution is 2.15. The molecule has 0 fully saturated rings. The van der Waals surface area contributed by atoms with E-state index in [2.05, 4.69) is 15.6 Å². The van der Waals surface area contributed by atoms with Gasteiger partial charge in [0, 0.05) is 31.6 Å². The number of aryl methyl sites for hydroxylation is 1. The molecule has 0 aliphatic heterocycles. The Labute approximate surface area is 114 Å². The van der Waals surface area contributed by atoms with E-state index in [4.69, 9.17) is 4.74 Å². The van der Waals surface area contributed by atoms with Crippen molar-refractivity contribution in [2.24, 2.45) is 0 Å². The Morgan fingerprint density at radius 1 is 1.47 bits per heavy atom. The van der Waals surface area contributed by atoms with Gasteiger partial charge in [0.25, 0.3) is 5.91 Å². The van der Waals surface area contributed by atoms with Crippen molar-refractivity contribution in [3.05, 3.63) is 23.5 Å². The van der Waals surface area contributed by atoms with Crippen LogP contribution in [0.4, 0.5) is 5.69 Å². The molecule has 0 saturated carbocycles. The molecule has 0 aliphatic rings. The molecule has 1 heterocycles. The Balaban J connectivity index is 2.70. The van der Waals surface area contributed by atoms with Gasteiger partial charge in [-0.05, 0) is 33.8 Å². The summed E-state index contributed by atoms with van der Waals surface area (Å²) in [6.45, 7) is 9.67. The Kier molecular flexibility index (Phi) is 6.29. The summed E-state index contributed by atoms with van der Waals surface area (Å²) in [6.07, 6.45) is 1.61. The molecule has 5 heteroatoms. The fourth-order valence-corrected chi connectivity index (χ4v) is 1.75. The number of nitrogens with one attached hydrogen (secondary N) is 2. The minimum absolute atomic E-state index is 0.00921. The van der Waals surface area contributed by atoms with E-state index in [-0.39, 0.29) is 12.0 Å². The summed E-state index contributed by atoms with van der Waals surface area (Å²) in [7, 11) is 0. The summed E-state index contributed by atoms with van der Waals surface area (Å²) < 4.78 is 5.38. The van der Waals surface area contributed by atoms with Crippen molar-refractivity contribution in [2.75, 3.05) is 25.0 Å². The summed E-state index contributed by atoms with van der Waals surface area (Å²) in [5, 5.41) is 6.04. The Morgan fingerprint density at radius 2 is 2.21 bits per heavy atom. The van der Waals surface area contributed by atoms with Crippen LogP contribution in [-0.4, -0.2) is 36.7 Å². The molecule has 0 bridgehead atoms. The number of aromatic nitrogens is 1. The first-order chi connectivity index (χ1) is 9.08. The molecule has 1 rings (SSSR count). The van der Waals surface area contributed by atoms with E-state index in [1.807, 2.05) is 33.8 Å². The summed E-state index contributed by atoms with van der Waals surface area (Å²) in [5.74, 6) is -0.130. The lowest BCUT2D eigenvalue weighted by molar-refractivity contribution is 0.0695. The van der Waals surface area contributed by atoms with Crippen molar-refractivity contribution in [1.29, 1.82) is 0 Å². The van der Waals surface area contributed by atoms with Gasteiger partial charge in [-0.1, -0.05) is 0 Å². The van der Waals surface area contributed by atoms with Crippen LogP contribution >= 0.6 is 0 Å². The second-order valence-electron chi connectivity index (χ2n) is 4.38. The number of pyridine rings is 1. The Hall–Kier alpha value is -1.62. The highest BCUT2D eigenvalue weighted by atomic mass is 16.5. The molecule has 1 unspecified atom stereocenters. The van der Waals surface area contributed by atoms with Crippen molar-refractivity contribution in [3.8, 4) is 0 Å². The van der Waals surface area contributed by atoms with Gasteiger partial charge in [0.15, 0.2) is 0 Å². The molecule has 1 aromatic heterocycles. The van der Waals surface area contributed by atoms with Gasteiger partial charge >= 0.3 is 0 Å². The molecular formula is C14H23N3O2. The topological polar surface area (TPSA) is 63.2 Å². The van der Waals surface area contributed by atoms with Crippen LogP contribution < -0.4 is 10.6 Å². The number of hydrogen-bond acceptors (Lipinski definition) is 4. The van der Waals surface area contributed by atoms with Crippen molar-refractivity contribution in [2.45, 2.75) is 33.8 Å². The number of rotatable bonds is 7. The molecule has 2 N–H and O–H groups in total.